The van der Waals surface area contributed by atoms with Gasteiger partial charge in [0.2, 0.25) is 5.16 Å². The minimum Gasteiger partial charge on any atom is -0.300 e. The van der Waals surface area contributed by atoms with Crippen LogP contribution in [0.5, 0.6) is 0 Å². The number of aryl methyl sites for hydroxylation is 1. The second-order valence-corrected chi connectivity index (χ2v) is 3.45. The standard InChI is InChI=1S/C6H10N4OS/c1-5(11)3-4-12-6-7-8-9-10(6)2/h3-4H2,1-2H3. The van der Waals surface area contributed by atoms with Gasteiger partial charge in [0.25, 0.3) is 0 Å². The van der Waals surface area contributed by atoms with E-state index in [-0.39, 0.29) is 5.78 Å². The van der Waals surface area contributed by atoms with Crippen LogP contribution in [0.1, 0.15) is 13.3 Å². The summed E-state index contributed by atoms with van der Waals surface area (Å²) in [5, 5.41) is 11.7. The zero-order valence-corrected chi connectivity index (χ0v) is 7.84. The molecule has 0 saturated carbocycles. The third kappa shape index (κ3) is 2.61. The number of carbonyl (C=O) groups excluding carboxylic acids is 1. The van der Waals surface area contributed by atoms with Gasteiger partial charge in [0.1, 0.15) is 5.78 Å². The van der Waals surface area contributed by atoms with E-state index in [0.717, 1.165) is 10.9 Å². The Morgan fingerprint density at radius 1 is 1.67 bits per heavy atom. The maximum absolute atomic E-state index is 10.6. The molecule has 6 heteroatoms. The van der Waals surface area contributed by atoms with Gasteiger partial charge in [-0.15, -0.1) is 5.10 Å². The average molecular weight is 186 g/mol. The fraction of sp³-hybridized carbons (Fsp3) is 0.667. The van der Waals surface area contributed by atoms with E-state index < -0.39 is 0 Å². The van der Waals surface area contributed by atoms with Crippen LogP contribution in [0.3, 0.4) is 0 Å². The largest absolute Gasteiger partial charge is 0.300 e. The summed E-state index contributed by atoms with van der Waals surface area (Å²) in [6.45, 7) is 1.58. The Morgan fingerprint density at radius 3 is 2.92 bits per heavy atom. The van der Waals surface area contributed by atoms with Crippen molar-refractivity contribution in [1.29, 1.82) is 0 Å². The summed E-state index contributed by atoms with van der Waals surface area (Å²) < 4.78 is 1.59. The first kappa shape index (κ1) is 9.18. The van der Waals surface area contributed by atoms with Gasteiger partial charge in [-0.05, 0) is 17.4 Å². The van der Waals surface area contributed by atoms with Crippen molar-refractivity contribution in [2.75, 3.05) is 5.75 Å². The van der Waals surface area contributed by atoms with Gasteiger partial charge < -0.3 is 0 Å². The molecule has 0 amide bonds. The van der Waals surface area contributed by atoms with Crippen LogP contribution in [0, 0.1) is 0 Å². The van der Waals surface area contributed by atoms with Crippen molar-refractivity contribution < 1.29 is 4.79 Å². The number of Topliss-reactive ketones (excluding diaryl/α,β-unsaturated/α-hetero) is 1. The predicted molar refractivity (Wildman–Crippen MR) is 44.8 cm³/mol. The molecule has 1 heterocycles. The number of hydrogen-bond donors (Lipinski definition) is 0. The number of rotatable bonds is 4. The van der Waals surface area contributed by atoms with E-state index in [4.69, 9.17) is 0 Å². The van der Waals surface area contributed by atoms with Crippen LogP contribution < -0.4 is 0 Å². The molecule has 0 spiro atoms. The SMILES string of the molecule is CC(=O)CCSc1nnnn1C. The van der Waals surface area contributed by atoms with E-state index >= 15 is 0 Å². The van der Waals surface area contributed by atoms with E-state index in [0.29, 0.717) is 6.42 Å². The molecule has 1 rings (SSSR count). The van der Waals surface area contributed by atoms with E-state index in [1.54, 1.807) is 18.7 Å². The molecule has 0 N–H and O–H groups in total. The molecule has 0 aliphatic carbocycles. The lowest BCUT2D eigenvalue weighted by Crippen LogP contribution is -1.96. The summed E-state index contributed by atoms with van der Waals surface area (Å²) in [6.07, 6.45) is 0.567. The fourth-order valence-electron chi connectivity index (χ4n) is 0.630. The third-order valence-electron chi connectivity index (χ3n) is 1.27. The van der Waals surface area contributed by atoms with Crippen molar-refractivity contribution in [2.45, 2.75) is 18.5 Å². The van der Waals surface area contributed by atoms with Crippen LogP contribution in [0.25, 0.3) is 0 Å². The fourth-order valence-corrected chi connectivity index (χ4v) is 1.52. The highest BCUT2D eigenvalue weighted by molar-refractivity contribution is 7.99. The average Bonchev–Trinajstić information content (AvgIpc) is 2.36. The van der Waals surface area contributed by atoms with E-state index in [1.807, 2.05) is 0 Å². The third-order valence-corrected chi connectivity index (χ3v) is 2.28. The van der Waals surface area contributed by atoms with Gasteiger partial charge in [-0.3, -0.25) is 4.79 Å². The molecule has 0 atom stereocenters. The molecular weight excluding hydrogens is 176 g/mol. The van der Waals surface area contributed by atoms with Crippen LogP contribution in [0.2, 0.25) is 0 Å². The Kier molecular flexibility index (Phi) is 3.21. The molecule has 12 heavy (non-hydrogen) atoms. The highest BCUT2D eigenvalue weighted by atomic mass is 32.2. The molecule has 0 saturated heterocycles. The molecule has 0 aliphatic rings. The summed E-state index contributed by atoms with van der Waals surface area (Å²) >= 11 is 1.49. The molecular formula is C6H10N4OS. The number of tetrazole rings is 1. The smallest absolute Gasteiger partial charge is 0.209 e. The summed E-state index contributed by atoms with van der Waals surface area (Å²) in [7, 11) is 1.77. The number of thioether (sulfide) groups is 1. The Hall–Kier alpha value is -0.910. The van der Waals surface area contributed by atoms with Crippen molar-refractivity contribution in [3.8, 4) is 0 Å². The molecule has 1 aromatic heterocycles. The minimum atomic E-state index is 0.192. The lowest BCUT2D eigenvalue weighted by atomic mass is 10.4. The Balaban J connectivity index is 2.33. The Morgan fingerprint density at radius 2 is 2.42 bits per heavy atom. The van der Waals surface area contributed by atoms with Crippen LogP contribution in [-0.4, -0.2) is 31.7 Å². The second kappa shape index (κ2) is 4.20. The van der Waals surface area contributed by atoms with E-state index in [9.17, 15) is 4.79 Å². The minimum absolute atomic E-state index is 0.192. The number of aromatic nitrogens is 4. The van der Waals surface area contributed by atoms with Gasteiger partial charge in [-0.1, -0.05) is 11.8 Å². The summed E-state index contributed by atoms with van der Waals surface area (Å²) in [6, 6.07) is 0. The first-order chi connectivity index (χ1) is 5.70. The molecule has 0 bridgehead atoms. The summed E-state index contributed by atoms with van der Waals surface area (Å²) in [4.78, 5) is 10.6. The molecule has 5 nitrogen and oxygen atoms in total. The van der Waals surface area contributed by atoms with Crippen LogP contribution in [-0.2, 0) is 11.8 Å². The molecule has 0 radical (unpaired) electrons. The summed E-state index contributed by atoms with van der Waals surface area (Å²) in [5.74, 6) is 0.932. The van der Waals surface area contributed by atoms with Crippen LogP contribution in [0.15, 0.2) is 5.16 Å². The predicted octanol–water partition coefficient (Wildman–Crippen LogP) is 0.281. The summed E-state index contributed by atoms with van der Waals surface area (Å²) in [5.41, 5.74) is 0. The van der Waals surface area contributed by atoms with Gasteiger partial charge in [-0.2, -0.15) is 0 Å². The molecule has 0 aliphatic heterocycles. The lowest BCUT2D eigenvalue weighted by Gasteiger charge is -1.95. The monoisotopic (exact) mass is 186 g/mol. The Labute approximate surface area is 74.5 Å². The van der Waals surface area contributed by atoms with Crippen molar-refractivity contribution in [3.63, 3.8) is 0 Å². The number of carbonyl (C=O) groups is 1. The maximum atomic E-state index is 10.6. The number of hydrogen-bond acceptors (Lipinski definition) is 5. The second-order valence-electron chi connectivity index (χ2n) is 2.39. The van der Waals surface area contributed by atoms with Gasteiger partial charge >= 0.3 is 0 Å². The molecule has 0 fully saturated rings. The van der Waals surface area contributed by atoms with Gasteiger partial charge in [-0.25, -0.2) is 4.68 Å². The van der Waals surface area contributed by atoms with Gasteiger partial charge in [0.05, 0.1) is 0 Å². The molecule has 0 aromatic carbocycles. The Bertz CT molecular complexity index is 272. The van der Waals surface area contributed by atoms with Crippen LogP contribution in [0.4, 0.5) is 0 Å². The highest BCUT2D eigenvalue weighted by Gasteiger charge is 2.02. The molecule has 1 aromatic rings. The van der Waals surface area contributed by atoms with Gasteiger partial charge in [0, 0.05) is 19.2 Å². The van der Waals surface area contributed by atoms with Crippen molar-refractivity contribution in [3.05, 3.63) is 0 Å². The quantitative estimate of drug-likeness (QED) is 0.632. The zero-order valence-electron chi connectivity index (χ0n) is 7.02. The maximum Gasteiger partial charge on any atom is 0.209 e. The van der Waals surface area contributed by atoms with E-state index in [1.165, 1.54) is 11.8 Å². The van der Waals surface area contributed by atoms with Crippen LogP contribution >= 0.6 is 11.8 Å². The highest BCUT2D eigenvalue weighted by Crippen LogP contribution is 2.12. The molecule has 0 unspecified atom stereocenters. The number of nitrogens with zero attached hydrogens (tertiary/aromatic N) is 4. The van der Waals surface area contributed by atoms with Crippen molar-refractivity contribution >= 4 is 17.5 Å². The topological polar surface area (TPSA) is 60.7 Å². The normalized spacial score (nSPS) is 10.2. The van der Waals surface area contributed by atoms with Crippen molar-refractivity contribution in [2.24, 2.45) is 7.05 Å². The lowest BCUT2D eigenvalue weighted by molar-refractivity contribution is -0.116. The number of ketones is 1. The van der Waals surface area contributed by atoms with Gasteiger partial charge in [0.15, 0.2) is 0 Å². The van der Waals surface area contributed by atoms with Crippen molar-refractivity contribution in [1.82, 2.24) is 20.2 Å². The molecule has 66 valence electrons. The van der Waals surface area contributed by atoms with E-state index in [2.05, 4.69) is 15.5 Å². The first-order valence-corrected chi connectivity index (χ1v) is 4.53. The first-order valence-electron chi connectivity index (χ1n) is 3.54. The zero-order chi connectivity index (χ0) is 8.97.